The fourth-order valence-electron chi connectivity index (χ4n) is 2.53. The Kier molecular flexibility index (Phi) is 6.53. The van der Waals surface area contributed by atoms with E-state index in [4.69, 9.17) is 16.3 Å². The maximum Gasteiger partial charge on any atom is 0.354 e. The molecule has 0 fully saturated rings. The van der Waals surface area contributed by atoms with Crippen LogP contribution in [0.25, 0.3) is 0 Å². The number of ether oxygens (including phenoxy) is 1. The van der Waals surface area contributed by atoms with E-state index in [1.807, 2.05) is 6.92 Å². The molecule has 1 heterocycles. The van der Waals surface area contributed by atoms with E-state index in [-0.39, 0.29) is 16.5 Å². The van der Waals surface area contributed by atoms with Gasteiger partial charge in [0.15, 0.2) is 0 Å². The van der Waals surface area contributed by atoms with E-state index in [1.54, 1.807) is 24.3 Å². The Bertz CT molecular complexity index is 1220. The van der Waals surface area contributed by atoms with Crippen LogP contribution < -0.4 is 20.3 Å². The van der Waals surface area contributed by atoms with Gasteiger partial charge in [-0.1, -0.05) is 29.3 Å². The molecule has 0 radical (unpaired) electrons. The van der Waals surface area contributed by atoms with E-state index in [0.717, 1.165) is 11.9 Å². The third-order valence-corrected chi connectivity index (χ3v) is 5.55. The van der Waals surface area contributed by atoms with Crippen molar-refractivity contribution in [3.05, 3.63) is 69.5 Å². The van der Waals surface area contributed by atoms with Crippen molar-refractivity contribution in [1.82, 2.24) is 14.8 Å². The lowest BCUT2D eigenvalue weighted by molar-refractivity contribution is -0.383. The molecule has 0 saturated carbocycles. The minimum atomic E-state index is -4.01. The molecule has 162 valence electrons. The lowest BCUT2D eigenvalue weighted by Crippen LogP contribution is -2.30. The normalized spacial score (nSPS) is 11.1. The highest BCUT2D eigenvalue weighted by molar-refractivity contribution is 7.89. The number of aromatic nitrogens is 2. The molecule has 0 saturated heterocycles. The summed E-state index contributed by atoms with van der Waals surface area (Å²) in [6.07, 6.45) is 1.04. The number of halogens is 1. The van der Waals surface area contributed by atoms with Crippen LogP contribution in [0.5, 0.6) is 5.75 Å². The van der Waals surface area contributed by atoms with Crippen molar-refractivity contribution in [3.8, 4) is 5.75 Å². The predicted molar refractivity (Wildman–Crippen MR) is 115 cm³/mol. The fraction of sp³-hybridized carbons (Fsp3) is 0.111. The molecule has 0 atom stereocenters. The second-order valence-corrected chi connectivity index (χ2v) is 8.31. The molecule has 0 unspecified atom stereocenters. The summed E-state index contributed by atoms with van der Waals surface area (Å²) in [5, 5.41) is 14.8. The van der Waals surface area contributed by atoms with E-state index in [2.05, 4.69) is 25.5 Å². The average molecular weight is 465 g/mol. The van der Waals surface area contributed by atoms with Gasteiger partial charge in [0.1, 0.15) is 12.1 Å². The third kappa shape index (κ3) is 5.17. The number of hydrogen-bond donors (Lipinski definition) is 3. The monoisotopic (exact) mass is 464 g/mol. The first-order chi connectivity index (χ1) is 14.7. The van der Waals surface area contributed by atoms with Gasteiger partial charge in [-0.25, -0.2) is 18.4 Å². The Morgan fingerprint density at radius 1 is 1.10 bits per heavy atom. The summed E-state index contributed by atoms with van der Waals surface area (Å²) in [6, 6.07) is 10.7. The molecule has 0 spiro atoms. The van der Waals surface area contributed by atoms with Crippen molar-refractivity contribution in [2.45, 2.75) is 11.8 Å². The standard InChI is InChI=1S/C18H17ClN6O5S/c1-11-3-6-13(7-4-11)31(28,29)24-23-18-16(25(26)27)17(20-10-21-18)22-14-9-12(19)5-8-15(14)30-2/h3-10,24H,1-2H3,(H2,20,21,22,23). The number of anilines is 3. The van der Waals surface area contributed by atoms with E-state index in [1.165, 1.54) is 25.3 Å². The zero-order chi connectivity index (χ0) is 22.6. The maximum absolute atomic E-state index is 12.5. The van der Waals surface area contributed by atoms with E-state index < -0.39 is 20.6 Å². The predicted octanol–water partition coefficient (Wildman–Crippen LogP) is 3.40. The van der Waals surface area contributed by atoms with E-state index in [0.29, 0.717) is 16.5 Å². The first-order valence-electron chi connectivity index (χ1n) is 8.65. The number of benzene rings is 2. The van der Waals surface area contributed by atoms with Crippen LogP contribution in [0.2, 0.25) is 5.02 Å². The van der Waals surface area contributed by atoms with Crippen molar-refractivity contribution in [3.63, 3.8) is 0 Å². The second kappa shape index (κ2) is 9.12. The molecular weight excluding hydrogens is 448 g/mol. The molecule has 13 heteroatoms. The number of methoxy groups -OCH3 is 1. The highest BCUT2D eigenvalue weighted by Gasteiger charge is 2.25. The van der Waals surface area contributed by atoms with Gasteiger partial charge in [0.2, 0.25) is 11.6 Å². The molecule has 31 heavy (non-hydrogen) atoms. The molecule has 11 nitrogen and oxygen atoms in total. The summed E-state index contributed by atoms with van der Waals surface area (Å²) in [7, 11) is -2.58. The summed E-state index contributed by atoms with van der Waals surface area (Å²) < 4.78 is 30.1. The number of hydrogen-bond acceptors (Lipinski definition) is 9. The Morgan fingerprint density at radius 3 is 2.42 bits per heavy atom. The Labute approximate surface area is 182 Å². The molecule has 3 N–H and O–H groups in total. The highest BCUT2D eigenvalue weighted by atomic mass is 35.5. The van der Waals surface area contributed by atoms with Crippen LogP contribution in [0.1, 0.15) is 5.56 Å². The number of nitrogens with one attached hydrogen (secondary N) is 3. The Hall–Kier alpha value is -3.48. The lowest BCUT2D eigenvalue weighted by atomic mass is 10.2. The molecule has 0 amide bonds. The Morgan fingerprint density at radius 2 is 1.77 bits per heavy atom. The van der Waals surface area contributed by atoms with Gasteiger partial charge in [-0.05, 0) is 37.3 Å². The summed E-state index contributed by atoms with van der Waals surface area (Å²) in [6.45, 7) is 1.82. The van der Waals surface area contributed by atoms with E-state index >= 15 is 0 Å². The first kappa shape index (κ1) is 22.2. The quantitative estimate of drug-likeness (QED) is 0.336. The van der Waals surface area contributed by atoms with Crippen LogP contribution in [0, 0.1) is 17.0 Å². The average Bonchev–Trinajstić information content (AvgIpc) is 2.72. The third-order valence-electron chi connectivity index (χ3n) is 4.05. The van der Waals surface area contributed by atoms with Gasteiger partial charge in [0.25, 0.3) is 10.0 Å². The number of sulfonamides is 1. The minimum Gasteiger partial charge on any atom is -0.495 e. The molecule has 0 bridgehead atoms. The SMILES string of the molecule is COc1ccc(Cl)cc1Nc1ncnc(NNS(=O)(=O)c2ccc(C)cc2)c1[N+](=O)[O-]. The zero-order valence-electron chi connectivity index (χ0n) is 16.3. The number of nitro groups is 1. The number of nitrogens with zero attached hydrogens (tertiary/aromatic N) is 3. The molecule has 0 aliphatic heterocycles. The summed E-state index contributed by atoms with van der Waals surface area (Å²) in [5.41, 5.74) is 2.90. The molecule has 3 rings (SSSR count). The van der Waals surface area contributed by atoms with Gasteiger partial charge in [0.05, 0.1) is 22.6 Å². The summed E-state index contributed by atoms with van der Waals surface area (Å²) >= 11 is 5.99. The largest absolute Gasteiger partial charge is 0.495 e. The number of hydrazine groups is 1. The molecule has 0 aliphatic rings. The smallest absolute Gasteiger partial charge is 0.354 e. The van der Waals surface area contributed by atoms with Crippen LogP contribution in [0.4, 0.5) is 23.0 Å². The summed E-state index contributed by atoms with van der Waals surface area (Å²) in [4.78, 5) is 20.7. The van der Waals surface area contributed by atoms with Crippen molar-refractivity contribution in [2.24, 2.45) is 0 Å². The van der Waals surface area contributed by atoms with Crippen molar-refractivity contribution in [1.29, 1.82) is 0 Å². The maximum atomic E-state index is 12.5. The molecule has 2 aromatic carbocycles. The first-order valence-corrected chi connectivity index (χ1v) is 10.5. The van der Waals surface area contributed by atoms with Crippen LogP contribution >= 0.6 is 11.6 Å². The second-order valence-electron chi connectivity index (χ2n) is 6.19. The topological polar surface area (TPSA) is 148 Å². The van der Waals surface area contributed by atoms with Crippen LogP contribution in [0.3, 0.4) is 0 Å². The summed E-state index contributed by atoms with van der Waals surface area (Å²) in [5.74, 6) is -0.191. The van der Waals surface area contributed by atoms with Crippen LogP contribution in [-0.4, -0.2) is 30.4 Å². The zero-order valence-corrected chi connectivity index (χ0v) is 17.9. The van der Waals surface area contributed by atoms with Gasteiger partial charge >= 0.3 is 5.69 Å². The number of rotatable bonds is 8. The van der Waals surface area contributed by atoms with Gasteiger partial charge in [-0.15, -0.1) is 4.83 Å². The molecular formula is C18H17ClN6O5S. The van der Waals surface area contributed by atoms with Gasteiger partial charge < -0.3 is 10.1 Å². The highest BCUT2D eigenvalue weighted by Crippen LogP contribution is 2.35. The fourth-order valence-corrected chi connectivity index (χ4v) is 3.55. The van der Waals surface area contributed by atoms with Crippen LogP contribution in [-0.2, 0) is 10.0 Å². The van der Waals surface area contributed by atoms with Crippen molar-refractivity contribution < 1.29 is 18.1 Å². The lowest BCUT2D eigenvalue weighted by Gasteiger charge is -2.13. The van der Waals surface area contributed by atoms with Crippen molar-refractivity contribution >= 4 is 44.6 Å². The van der Waals surface area contributed by atoms with Gasteiger partial charge in [-0.3, -0.25) is 15.5 Å². The molecule has 0 aliphatic carbocycles. The van der Waals surface area contributed by atoms with Crippen molar-refractivity contribution in [2.75, 3.05) is 17.9 Å². The molecule has 3 aromatic rings. The van der Waals surface area contributed by atoms with Crippen LogP contribution in [0.15, 0.2) is 53.7 Å². The van der Waals surface area contributed by atoms with Gasteiger partial charge in [0, 0.05) is 5.02 Å². The minimum absolute atomic E-state index is 0.0238. The Balaban J connectivity index is 1.91. The van der Waals surface area contributed by atoms with Gasteiger partial charge in [-0.2, -0.15) is 0 Å². The molecule has 1 aromatic heterocycles. The van der Waals surface area contributed by atoms with E-state index in [9.17, 15) is 18.5 Å². The number of aryl methyl sites for hydroxylation is 1.